The molecule has 0 spiro atoms. The number of hydrogen-bond acceptors (Lipinski definition) is 6. The number of methoxy groups -OCH3 is 1. The fourth-order valence-corrected chi connectivity index (χ4v) is 1.40. The number of nitrogens with two attached hydrogens (primary N) is 1. The van der Waals surface area contributed by atoms with Crippen molar-refractivity contribution in [2.45, 2.75) is 6.42 Å². The molecular weight excluding hydrogens is 262 g/mol. The van der Waals surface area contributed by atoms with Crippen LogP contribution >= 0.6 is 0 Å². The molecule has 0 atom stereocenters. The quantitative estimate of drug-likeness (QED) is 0.443. The van der Waals surface area contributed by atoms with E-state index in [4.69, 9.17) is 15.7 Å². The van der Waals surface area contributed by atoms with Crippen LogP contribution in [0, 0.1) is 11.3 Å². The summed E-state index contributed by atoms with van der Waals surface area (Å²) < 4.78 is 9.86. The van der Waals surface area contributed by atoms with E-state index in [1.165, 1.54) is 19.2 Å². The molecule has 1 aromatic rings. The molecule has 0 fully saturated rings. The summed E-state index contributed by atoms with van der Waals surface area (Å²) in [6, 6.07) is 6.36. The number of nitrogens with one attached hydrogen (secondary N) is 1. The normalized spacial score (nSPS) is 9.40. The molecule has 0 aliphatic heterocycles. The number of amides is 1. The van der Waals surface area contributed by atoms with E-state index in [9.17, 15) is 9.59 Å². The van der Waals surface area contributed by atoms with Crippen LogP contribution in [0.1, 0.15) is 16.8 Å². The Kier molecular flexibility index (Phi) is 5.84. The fraction of sp³-hybridized carbons (Fsp3) is 0.308. The van der Waals surface area contributed by atoms with Crippen LogP contribution in [0.2, 0.25) is 0 Å². The van der Waals surface area contributed by atoms with Crippen molar-refractivity contribution < 1.29 is 19.1 Å². The Bertz CT molecular complexity index is 537. The molecule has 1 aromatic carbocycles. The van der Waals surface area contributed by atoms with E-state index in [1.807, 2.05) is 6.07 Å². The highest BCUT2D eigenvalue weighted by molar-refractivity contribution is 5.93. The summed E-state index contributed by atoms with van der Waals surface area (Å²) in [6.45, 7) is -0.0103. The number of anilines is 1. The zero-order valence-electron chi connectivity index (χ0n) is 11.0. The van der Waals surface area contributed by atoms with Crippen LogP contribution in [-0.2, 0) is 9.53 Å². The molecule has 0 aliphatic rings. The lowest BCUT2D eigenvalue weighted by Gasteiger charge is -2.10. The van der Waals surface area contributed by atoms with Crippen LogP contribution in [0.4, 0.5) is 5.69 Å². The monoisotopic (exact) mass is 277 g/mol. The van der Waals surface area contributed by atoms with Gasteiger partial charge in [0, 0.05) is 12.2 Å². The first-order valence-corrected chi connectivity index (χ1v) is 5.82. The molecule has 0 bridgehead atoms. The average molecular weight is 277 g/mol. The number of nitrogen functional groups attached to an aromatic ring is 1. The van der Waals surface area contributed by atoms with Crippen molar-refractivity contribution in [3.63, 3.8) is 0 Å². The van der Waals surface area contributed by atoms with E-state index in [0.29, 0.717) is 5.69 Å². The van der Waals surface area contributed by atoms with E-state index < -0.39 is 5.97 Å². The van der Waals surface area contributed by atoms with Crippen molar-refractivity contribution in [1.29, 1.82) is 5.26 Å². The minimum absolute atomic E-state index is 0.150. The number of carbonyl (C=O) groups is 2. The van der Waals surface area contributed by atoms with Crippen molar-refractivity contribution in [1.82, 2.24) is 5.32 Å². The first-order valence-electron chi connectivity index (χ1n) is 5.82. The summed E-state index contributed by atoms with van der Waals surface area (Å²) in [7, 11) is 1.24. The van der Waals surface area contributed by atoms with Crippen LogP contribution in [-0.4, -0.2) is 32.1 Å². The second-order valence-electron chi connectivity index (χ2n) is 3.79. The maximum atomic E-state index is 11.5. The summed E-state index contributed by atoms with van der Waals surface area (Å²) >= 11 is 0. The molecule has 0 aliphatic carbocycles. The van der Waals surface area contributed by atoms with Crippen molar-refractivity contribution in [3.8, 4) is 11.8 Å². The molecule has 20 heavy (non-hydrogen) atoms. The van der Waals surface area contributed by atoms with Gasteiger partial charge in [-0.1, -0.05) is 0 Å². The van der Waals surface area contributed by atoms with Crippen molar-refractivity contribution >= 4 is 17.6 Å². The molecule has 3 N–H and O–H groups in total. The molecular formula is C13H15N3O4. The Balaban J connectivity index is 2.66. The average Bonchev–Trinajstić information content (AvgIpc) is 2.45. The third kappa shape index (κ3) is 4.49. The van der Waals surface area contributed by atoms with Gasteiger partial charge < -0.3 is 20.5 Å². The van der Waals surface area contributed by atoms with Gasteiger partial charge in [0.05, 0.1) is 19.6 Å². The van der Waals surface area contributed by atoms with Crippen molar-refractivity contribution in [2.75, 3.05) is 26.0 Å². The summed E-state index contributed by atoms with van der Waals surface area (Å²) in [6.07, 6.45) is 0.223. The topological polar surface area (TPSA) is 114 Å². The minimum Gasteiger partial charge on any atom is -0.483 e. The summed E-state index contributed by atoms with van der Waals surface area (Å²) in [5.41, 5.74) is 6.12. The van der Waals surface area contributed by atoms with Gasteiger partial charge in [-0.3, -0.25) is 4.79 Å². The molecule has 7 nitrogen and oxygen atoms in total. The molecule has 0 saturated heterocycles. The summed E-state index contributed by atoms with van der Waals surface area (Å²) in [5.74, 6) is -0.772. The highest BCUT2D eigenvalue weighted by atomic mass is 16.5. The van der Waals surface area contributed by atoms with E-state index in [2.05, 4.69) is 10.1 Å². The van der Waals surface area contributed by atoms with Gasteiger partial charge in [0.15, 0.2) is 6.61 Å². The van der Waals surface area contributed by atoms with Crippen LogP contribution < -0.4 is 15.8 Å². The molecule has 106 valence electrons. The molecule has 7 heteroatoms. The van der Waals surface area contributed by atoms with Crippen LogP contribution in [0.3, 0.4) is 0 Å². The van der Waals surface area contributed by atoms with Gasteiger partial charge >= 0.3 is 5.97 Å². The smallest absolute Gasteiger partial charge is 0.341 e. The molecule has 1 amide bonds. The van der Waals surface area contributed by atoms with Gasteiger partial charge in [-0.25, -0.2) is 4.79 Å². The number of benzene rings is 1. The van der Waals surface area contributed by atoms with E-state index in [0.717, 1.165) is 0 Å². The fourth-order valence-electron chi connectivity index (χ4n) is 1.40. The number of hydrogen-bond donors (Lipinski definition) is 2. The maximum Gasteiger partial charge on any atom is 0.341 e. The Morgan fingerprint density at radius 3 is 2.85 bits per heavy atom. The number of nitrogens with zero attached hydrogens (tertiary/aromatic N) is 1. The van der Waals surface area contributed by atoms with E-state index in [1.54, 1.807) is 6.07 Å². The van der Waals surface area contributed by atoms with Crippen LogP contribution in [0.15, 0.2) is 18.2 Å². The number of nitriles is 1. The van der Waals surface area contributed by atoms with Crippen molar-refractivity contribution in [3.05, 3.63) is 23.8 Å². The van der Waals surface area contributed by atoms with Crippen molar-refractivity contribution in [2.24, 2.45) is 0 Å². The summed E-state index contributed by atoms with van der Waals surface area (Å²) in [4.78, 5) is 23.0. The third-order valence-electron chi connectivity index (χ3n) is 2.33. The number of ether oxygens (including phenoxy) is 2. The lowest BCUT2D eigenvalue weighted by atomic mass is 10.2. The molecule has 0 heterocycles. The largest absolute Gasteiger partial charge is 0.483 e. The third-order valence-corrected chi connectivity index (χ3v) is 2.33. The zero-order chi connectivity index (χ0) is 15.0. The molecule has 1 rings (SSSR count). The van der Waals surface area contributed by atoms with E-state index >= 15 is 0 Å². The Morgan fingerprint density at radius 2 is 2.20 bits per heavy atom. The van der Waals surface area contributed by atoms with Gasteiger partial charge in [0.25, 0.3) is 5.91 Å². The Morgan fingerprint density at radius 1 is 1.45 bits per heavy atom. The van der Waals surface area contributed by atoms with Crippen LogP contribution in [0.25, 0.3) is 0 Å². The first-order chi connectivity index (χ1) is 9.58. The molecule has 0 aromatic heterocycles. The second-order valence-corrected chi connectivity index (χ2v) is 3.79. The standard InChI is InChI=1S/C13H15N3O4/c1-19-13(18)10-7-9(15)3-4-11(10)20-8-12(17)16-6-2-5-14/h3-4,7H,2,6,8,15H2,1H3,(H,16,17). The predicted molar refractivity (Wildman–Crippen MR) is 70.9 cm³/mol. The Hall–Kier alpha value is -2.75. The highest BCUT2D eigenvalue weighted by Crippen LogP contribution is 2.22. The maximum absolute atomic E-state index is 11.5. The van der Waals surface area contributed by atoms with Gasteiger partial charge in [0.2, 0.25) is 0 Å². The predicted octanol–water partition coefficient (Wildman–Crippen LogP) is 0.464. The van der Waals surface area contributed by atoms with Gasteiger partial charge in [0.1, 0.15) is 11.3 Å². The number of esters is 1. The Labute approximate surface area is 116 Å². The molecule has 0 saturated carbocycles. The van der Waals surface area contributed by atoms with Gasteiger partial charge in [-0.15, -0.1) is 0 Å². The summed E-state index contributed by atoms with van der Waals surface area (Å²) in [5, 5.41) is 10.8. The molecule has 0 unspecified atom stereocenters. The number of carbonyl (C=O) groups excluding carboxylic acids is 2. The van der Waals surface area contributed by atoms with Gasteiger partial charge in [-0.05, 0) is 18.2 Å². The minimum atomic E-state index is -0.600. The lowest BCUT2D eigenvalue weighted by molar-refractivity contribution is -0.123. The SMILES string of the molecule is COC(=O)c1cc(N)ccc1OCC(=O)NCCC#N. The number of rotatable bonds is 6. The van der Waals surface area contributed by atoms with Gasteiger partial charge in [-0.2, -0.15) is 5.26 Å². The lowest BCUT2D eigenvalue weighted by Crippen LogP contribution is -2.29. The highest BCUT2D eigenvalue weighted by Gasteiger charge is 2.14. The zero-order valence-corrected chi connectivity index (χ0v) is 11.0. The molecule has 0 radical (unpaired) electrons. The second kappa shape index (κ2) is 7.63. The first kappa shape index (κ1) is 15.3. The van der Waals surface area contributed by atoms with Crippen LogP contribution in [0.5, 0.6) is 5.75 Å². The van der Waals surface area contributed by atoms with E-state index in [-0.39, 0.29) is 36.8 Å².